The van der Waals surface area contributed by atoms with Gasteiger partial charge in [0.2, 0.25) is 5.91 Å². The van der Waals surface area contributed by atoms with E-state index < -0.39 is 17.8 Å². The van der Waals surface area contributed by atoms with Gasteiger partial charge in [0.1, 0.15) is 0 Å². The highest BCUT2D eigenvalue weighted by atomic mass is 16.5. The third kappa shape index (κ3) is 11.9. The van der Waals surface area contributed by atoms with Gasteiger partial charge in [-0.1, -0.05) is 6.07 Å². The number of unbranched alkanes of at least 4 members (excludes halogenated alkanes) is 1. The van der Waals surface area contributed by atoms with Crippen molar-refractivity contribution in [1.29, 1.82) is 0 Å². The van der Waals surface area contributed by atoms with E-state index in [9.17, 15) is 29.7 Å². The van der Waals surface area contributed by atoms with Crippen LogP contribution in [0.3, 0.4) is 0 Å². The molecule has 0 fully saturated rings. The maximum atomic E-state index is 11.3. The average Bonchev–Trinajstić information content (AvgIpc) is 3.30. The number of nitrogens with zero attached hydrogens (tertiary/aromatic N) is 1. The van der Waals surface area contributed by atoms with Crippen LogP contribution in [0.5, 0.6) is 11.5 Å². The zero-order valence-corrected chi connectivity index (χ0v) is 25.3. The van der Waals surface area contributed by atoms with Crippen molar-refractivity contribution in [3.8, 4) is 11.5 Å². The van der Waals surface area contributed by atoms with Gasteiger partial charge in [-0.3, -0.25) is 10.2 Å². The molecule has 0 saturated heterocycles. The zero-order valence-electron chi connectivity index (χ0n) is 25.3. The van der Waals surface area contributed by atoms with Crippen molar-refractivity contribution in [3.63, 3.8) is 0 Å². The number of aromatic carboxylic acids is 2. The summed E-state index contributed by atoms with van der Waals surface area (Å²) in [5.74, 6) is -2.29. The number of aromatic hydroxyl groups is 1. The average molecular weight is 605 g/mol. The highest BCUT2D eigenvalue weighted by Gasteiger charge is 2.32. The summed E-state index contributed by atoms with van der Waals surface area (Å²) >= 11 is 0. The van der Waals surface area contributed by atoms with Gasteiger partial charge in [-0.25, -0.2) is 14.3 Å². The summed E-state index contributed by atoms with van der Waals surface area (Å²) < 4.78 is 6.00. The third-order valence-corrected chi connectivity index (χ3v) is 6.96. The fourth-order valence-electron chi connectivity index (χ4n) is 4.91. The number of carbonyl (C=O) groups is 3. The maximum absolute atomic E-state index is 11.3. The van der Waals surface area contributed by atoms with Crippen molar-refractivity contribution in [2.24, 2.45) is 5.73 Å². The summed E-state index contributed by atoms with van der Waals surface area (Å²) in [4.78, 5) is 33.8. The molecule has 1 aromatic heterocycles. The van der Waals surface area contributed by atoms with Crippen molar-refractivity contribution in [1.82, 2.24) is 20.6 Å². The predicted molar refractivity (Wildman–Crippen MR) is 165 cm³/mol. The molecule has 0 radical (unpaired) electrons. The van der Waals surface area contributed by atoms with Gasteiger partial charge in [-0.05, 0) is 119 Å². The molecule has 0 spiro atoms. The molecule has 13 heteroatoms. The number of nitrogens with one attached hydrogen (secondary N) is 4. The number of rotatable bonds is 18. The van der Waals surface area contributed by atoms with Crippen LogP contribution in [-0.2, 0) is 24.2 Å². The number of hydrogen-bond acceptors (Lipinski definition) is 9. The Morgan fingerprint density at radius 1 is 0.860 bits per heavy atom. The fraction of sp³-hybridized carbons (Fsp3) is 0.567. The summed E-state index contributed by atoms with van der Waals surface area (Å²) in [6.07, 6.45) is 7.24. The van der Waals surface area contributed by atoms with Crippen LogP contribution in [0.1, 0.15) is 83.1 Å². The number of phenols is 1. The van der Waals surface area contributed by atoms with E-state index in [1.54, 1.807) is 13.2 Å². The first-order chi connectivity index (χ1) is 20.7. The second-order valence-electron chi connectivity index (χ2n) is 10.4. The number of ether oxygens (including phenoxy) is 1. The molecule has 43 heavy (non-hydrogen) atoms. The highest BCUT2D eigenvalue weighted by Crippen LogP contribution is 2.30. The van der Waals surface area contributed by atoms with Crippen LogP contribution in [0.2, 0.25) is 0 Å². The Bertz CT molecular complexity index is 1140. The maximum Gasteiger partial charge on any atom is 0.354 e. The molecular weight excluding hydrogens is 556 g/mol. The Kier molecular flexibility index (Phi) is 16.1. The van der Waals surface area contributed by atoms with Gasteiger partial charge in [0.15, 0.2) is 22.9 Å². The number of phenolic OH excluding ortho intramolecular Hbond substituents is 1. The van der Waals surface area contributed by atoms with E-state index in [0.29, 0.717) is 29.7 Å². The van der Waals surface area contributed by atoms with Crippen molar-refractivity contribution >= 4 is 17.8 Å². The van der Waals surface area contributed by atoms with Crippen LogP contribution in [-0.4, -0.2) is 84.2 Å². The molecule has 9 N–H and O–H groups in total. The van der Waals surface area contributed by atoms with Gasteiger partial charge >= 0.3 is 11.9 Å². The van der Waals surface area contributed by atoms with Crippen molar-refractivity contribution in [3.05, 3.63) is 46.3 Å². The highest BCUT2D eigenvalue weighted by molar-refractivity contribution is 5.97. The number of amides is 1. The van der Waals surface area contributed by atoms with E-state index in [1.165, 1.54) is 19.8 Å². The van der Waals surface area contributed by atoms with Gasteiger partial charge in [0, 0.05) is 13.5 Å². The molecule has 1 aromatic carbocycles. The Hall–Kier alpha value is -3.65. The Morgan fingerprint density at radius 3 is 1.91 bits per heavy atom. The number of carboxylic acids is 2. The van der Waals surface area contributed by atoms with Crippen molar-refractivity contribution in [2.75, 3.05) is 51.8 Å². The predicted octanol–water partition coefficient (Wildman–Crippen LogP) is 2.04. The largest absolute Gasteiger partial charge is 0.504 e. The Morgan fingerprint density at radius 2 is 1.40 bits per heavy atom. The minimum atomic E-state index is -1.24. The molecule has 240 valence electrons. The number of benzene rings is 1. The summed E-state index contributed by atoms with van der Waals surface area (Å²) in [6, 6.07) is 5.44. The summed E-state index contributed by atoms with van der Waals surface area (Å²) in [5.41, 5.74) is 9.56. The molecule has 0 unspecified atom stereocenters. The van der Waals surface area contributed by atoms with E-state index in [0.717, 1.165) is 81.7 Å². The van der Waals surface area contributed by atoms with E-state index >= 15 is 0 Å². The molecule has 1 aliphatic rings. The van der Waals surface area contributed by atoms with Crippen LogP contribution in [0.15, 0.2) is 18.2 Å². The monoisotopic (exact) mass is 604 g/mol. The minimum Gasteiger partial charge on any atom is -0.504 e. The van der Waals surface area contributed by atoms with Gasteiger partial charge < -0.3 is 41.7 Å². The lowest BCUT2D eigenvalue weighted by Gasteiger charge is -2.11. The summed E-state index contributed by atoms with van der Waals surface area (Å²) in [5, 5.41) is 38.4. The van der Waals surface area contributed by atoms with E-state index in [-0.39, 0.29) is 17.1 Å². The quantitative estimate of drug-likeness (QED) is 0.116. The topological polar surface area (TPSA) is 200 Å². The van der Waals surface area contributed by atoms with Gasteiger partial charge in [0.05, 0.1) is 7.11 Å². The number of carboxylic acid groups (broad SMARTS) is 2. The molecule has 0 aliphatic heterocycles. The number of nitrogens with two attached hydrogens (primary N) is 1. The molecule has 1 aliphatic carbocycles. The molecule has 3 rings (SSSR count). The lowest BCUT2D eigenvalue weighted by molar-refractivity contribution is -0.115. The van der Waals surface area contributed by atoms with E-state index in [1.807, 2.05) is 12.1 Å². The number of aromatic nitrogens is 1. The number of methoxy groups -OCH3 is 1. The molecule has 0 bridgehead atoms. The molecule has 2 aromatic rings. The van der Waals surface area contributed by atoms with Gasteiger partial charge in [0.25, 0.3) is 0 Å². The Balaban J connectivity index is 0.000000307. The number of carbonyl (C=O) groups excluding carboxylic acids is 1. The Labute approximate surface area is 253 Å². The number of fused-ring (bicyclic) bond motifs is 1. The zero-order chi connectivity index (χ0) is 31.6. The van der Waals surface area contributed by atoms with Crippen LogP contribution in [0.25, 0.3) is 0 Å². The van der Waals surface area contributed by atoms with E-state index in [4.69, 9.17) is 10.5 Å². The first-order valence-electron chi connectivity index (χ1n) is 14.9. The van der Waals surface area contributed by atoms with Gasteiger partial charge in [-0.15, -0.1) is 0 Å². The first kappa shape index (κ1) is 35.5. The third-order valence-electron chi connectivity index (χ3n) is 6.96. The molecule has 1 heterocycles. The SMILES string of the molecule is CC(=O)Nn1c(C(=O)O)c2c(c1C(=O)O)CCCC2.COc1cc(CNCCCNCCCCNCCCN)ccc1O. The lowest BCUT2D eigenvalue weighted by atomic mass is 9.92. The van der Waals surface area contributed by atoms with Crippen LogP contribution < -0.4 is 31.8 Å². The molecule has 13 nitrogen and oxygen atoms in total. The minimum absolute atomic E-state index is 0.151. The van der Waals surface area contributed by atoms with Crippen LogP contribution in [0, 0.1) is 0 Å². The number of hydrogen-bond donors (Lipinski definition) is 8. The fourth-order valence-corrected chi connectivity index (χ4v) is 4.91. The normalized spacial score (nSPS) is 12.2. The van der Waals surface area contributed by atoms with Crippen LogP contribution in [0.4, 0.5) is 0 Å². The lowest BCUT2D eigenvalue weighted by Crippen LogP contribution is -2.27. The second-order valence-corrected chi connectivity index (χ2v) is 10.4. The van der Waals surface area contributed by atoms with Crippen molar-refractivity contribution in [2.45, 2.75) is 64.8 Å². The molecular formula is C30H48N6O7. The molecule has 0 atom stereocenters. The molecule has 0 saturated carbocycles. The first-order valence-corrected chi connectivity index (χ1v) is 14.9. The van der Waals surface area contributed by atoms with Gasteiger partial charge in [-0.2, -0.15) is 0 Å². The summed E-state index contributed by atoms with van der Waals surface area (Å²) in [7, 11) is 1.56. The molecule has 1 amide bonds. The van der Waals surface area contributed by atoms with Crippen LogP contribution >= 0.6 is 0 Å². The standard InChI is InChI=1S/C18H34N4O2.C12H14N2O5/c1-24-18-14-16(6-7-17(18)23)15-22-13-5-12-21-10-3-2-9-20-11-4-8-19;1-6(15)13-14-9(11(16)17)7-4-2-3-5-8(7)10(14)12(18)19/h6-7,14,20-23H,2-5,8-13,15,19H2,1H3;2-5H2,1H3,(H,13,15)(H,16,17)(H,18,19). The smallest absolute Gasteiger partial charge is 0.354 e. The summed E-state index contributed by atoms with van der Waals surface area (Å²) in [6.45, 7) is 7.95. The van der Waals surface area contributed by atoms with E-state index in [2.05, 4.69) is 21.4 Å². The van der Waals surface area contributed by atoms with Crippen molar-refractivity contribution < 1.29 is 34.4 Å². The second kappa shape index (κ2) is 19.5.